The molecule has 0 N–H and O–H groups in total. The monoisotopic (exact) mass is 310 g/mol. The summed E-state index contributed by atoms with van der Waals surface area (Å²) in [7, 11) is 0. The van der Waals surface area contributed by atoms with Gasteiger partial charge >= 0.3 is 0 Å². The first-order valence-electron chi connectivity index (χ1n) is 7.84. The summed E-state index contributed by atoms with van der Waals surface area (Å²) in [4.78, 5) is 12.2. The number of nitrogens with zero attached hydrogens (tertiary/aromatic N) is 4. The van der Waals surface area contributed by atoms with Gasteiger partial charge in [-0.2, -0.15) is 10.2 Å². The van der Waals surface area contributed by atoms with Gasteiger partial charge in [0.15, 0.2) is 5.78 Å². The van der Waals surface area contributed by atoms with E-state index in [1.54, 1.807) is 10.7 Å². The highest BCUT2D eigenvalue weighted by Crippen LogP contribution is 2.24. The van der Waals surface area contributed by atoms with Crippen molar-refractivity contribution in [3.63, 3.8) is 0 Å². The summed E-state index contributed by atoms with van der Waals surface area (Å²) >= 11 is 0. The second-order valence-corrected chi connectivity index (χ2v) is 7.17. The van der Waals surface area contributed by atoms with E-state index >= 15 is 0 Å². The quantitative estimate of drug-likeness (QED) is 0.692. The molecule has 3 aromatic heterocycles. The number of fused-ring (bicyclic) bond motifs is 1. The highest BCUT2D eigenvalue weighted by atomic mass is 16.1. The molecule has 0 fully saturated rings. The molecule has 0 aliphatic rings. The van der Waals surface area contributed by atoms with Crippen LogP contribution in [0.15, 0.2) is 36.9 Å². The molecule has 0 radical (unpaired) electrons. The lowest BCUT2D eigenvalue weighted by Crippen LogP contribution is -2.21. The molecule has 0 unspecified atom stereocenters. The van der Waals surface area contributed by atoms with Crippen LogP contribution < -0.4 is 0 Å². The Bertz CT molecular complexity index is 865. The van der Waals surface area contributed by atoms with Gasteiger partial charge in [0.1, 0.15) is 0 Å². The van der Waals surface area contributed by atoms with Crippen LogP contribution in [0.4, 0.5) is 0 Å². The number of hydrogen-bond donors (Lipinski definition) is 0. The molecule has 3 rings (SSSR count). The second-order valence-electron chi connectivity index (χ2n) is 7.17. The fraction of sp³-hybridized carbons (Fsp3) is 0.389. The van der Waals surface area contributed by atoms with Gasteiger partial charge in [-0.1, -0.05) is 19.9 Å². The molecular weight excluding hydrogens is 288 g/mol. The summed E-state index contributed by atoms with van der Waals surface area (Å²) in [6, 6.07) is 3.96. The minimum absolute atomic E-state index is 0.0345. The summed E-state index contributed by atoms with van der Waals surface area (Å²) in [6.45, 7) is 10.2. The van der Waals surface area contributed by atoms with E-state index in [0.29, 0.717) is 5.56 Å². The average Bonchev–Trinajstić information content (AvgIpc) is 3.12. The van der Waals surface area contributed by atoms with E-state index in [1.165, 1.54) is 0 Å². The SMILES string of the molecule is CC(C)C(=O)c1cnn2cc(-c3cnn(C(C)(C)C)c3)ccc12. The second kappa shape index (κ2) is 5.33. The predicted octanol–water partition coefficient (Wildman–Crippen LogP) is 3.79. The van der Waals surface area contributed by atoms with Gasteiger partial charge in [-0.3, -0.25) is 9.48 Å². The molecule has 3 aromatic rings. The third kappa shape index (κ3) is 2.79. The van der Waals surface area contributed by atoms with Gasteiger partial charge in [-0.15, -0.1) is 0 Å². The maximum atomic E-state index is 12.2. The molecule has 23 heavy (non-hydrogen) atoms. The number of rotatable bonds is 3. The zero-order valence-corrected chi connectivity index (χ0v) is 14.2. The van der Waals surface area contributed by atoms with Crippen LogP contribution in [0.3, 0.4) is 0 Å². The van der Waals surface area contributed by atoms with Crippen LogP contribution in [-0.2, 0) is 5.54 Å². The highest BCUT2D eigenvalue weighted by Gasteiger charge is 2.17. The first-order chi connectivity index (χ1) is 10.8. The van der Waals surface area contributed by atoms with Crippen LogP contribution in [0.25, 0.3) is 16.6 Å². The maximum Gasteiger partial charge on any atom is 0.169 e. The van der Waals surface area contributed by atoms with Gasteiger partial charge < -0.3 is 0 Å². The Kier molecular flexibility index (Phi) is 3.59. The maximum absolute atomic E-state index is 12.2. The van der Waals surface area contributed by atoms with Crippen LogP contribution in [0.2, 0.25) is 0 Å². The van der Waals surface area contributed by atoms with Crippen LogP contribution in [0.5, 0.6) is 0 Å². The molecule has 0 saturated carbocycles. The van der Waals surface area contributed by atoms with Crippen molar-refractivity contribution in [2.75, 3.05) is 0 Å². The summed E-state index contributed by atoms with van der Waals surface area (Å²) in [5.74, 6) is 0.0843. The van der Waals surface area contributed by atoms with Crippen molar-refractivity contribution < 1.29 is 4.79 Å². The molecule has 0 saturated heterocycles. The molecule has 0 atom stereocenters. The number of hydrogen-bond acceptors (Lipinski definition) is 3. The molecule has 5 nitrogen and oxygen atoms in total. The largest absolute Gasteiger partial charge is 0.294 e. The lowest BCUT2D eigenvalue weighted by Gasteiger charge is -2.18. The molecule has 5 heteroatoms. The van der Waals surface area contributed by atoms with E-state index in [-0.39, 0.29) is 17.2 Å². The van der Waals surface area contributed by atoms with Crippen molar-refractivity contribution in [3.05, 3.63) is 42.5 Å². The third-order valence-corrected chi connectivity index (χ3v) is 3.91. The molecule has 3 heterocycles. The van der Waals surface area contributed by atoms with Gasteiger partial charge in [0.2, 0.25) is 0 Å². The minimum Gasteiger partial charge on any atom is -0.294 e. The Morgan fingerprint density at radius 3 is 2.39 bits per heavy atom. The summed E-state index contributed by atoms with van der Waals surface area (Å²) < 4.78 is 3.71. The van der Waals surface area contributed by atoms with Gasteiger partial charge in [-0.25, -0.2) is 4.52 Å². The van der Waals surface area contributed by atoms with Crippen molar-refractivity contribution in [2.45, 2.75) is 40.2 Å². The van der Waals surface area contributed by atoms with Crippen LogP contribution in [0.1, 0.15) is 45.0 Å². The van der Waals surface area contributed by atoms with Crippen LogP contribution >= 0.6 is 0 Å². The topological polar surface area (TPSA) is 52.2 Å². The number of carbonyl (C=O) groups excluding carboxylic acids is 1. The minimum atomic E-state index is -0.0507. The first kappa shape index (κ1) is 15.5. The number of ketones is 1. The first-order valence-corrected chi connectivity index (χ1v) is 7.84. The van der Waals surface area contributed by atoms with E-state index < -0.39 is 0 Å². The molecule has 0 bridgehead atoms. The normalized spacial score (nSPS) is 12.3. The molecule has 120 valence electrons. The number of carbonyl (C=O) groups is 1. The van der Waals surface area contributed by atoms with Gasteiger partial charge in [0.25, 0.3) is 0 Å². The standard InChI is InChI=1S/C18H22N4O/c1-12(2)17(23)15-9-19-21-10-13(6-7-16(15)21)14-8-20-22(11-14)18(3,4)5/h6-12H,1-5H3. The van der Waals surface area contributed by atoms with Crippen molar-refractivity contribution >= 4 is 11.3 Å². The lowest BCUT2D eigenvalue weighted by molar-refractivity contribution is 0.0941. The van der Waals surface area contributed by atoms with Gasteiger partial charge in [-0.05, 0) is 26.8 Å². The zero-order valence-electron chi connectivity index (χ0n) is 14.2. The molecule has 0 spiro atoms. The summed E-state index contributed by atoms with van der Waals surface area (Å²) in [5.41, 5.74) is 3.53. The molecule has 0 amide bonds. The van der Waals surface area contributed by atoms with Gasteiger partial charge in [0, 0.05) is 29.4 Å². The Balaban J connectivity index is 2.02. The molecule has 0 aromatic carbocycles. The third-order valence-electron chi connectivity index (χ3n) is 3.91. The van der Waals surface area contributed by atoms with Crippen molar-refractivity contribution in [1.29, 1.82) is 0 Å². The van der Waals surface area contributed by atoms with E-state index in [0.717, 1.165) is 16.6 Å². The zero-order chi connectivity index (χ0) is 16.8. The Hall–Kier alpha value is -2.43. The van der Waals surface area contributed by atoms with E-state index in [1.807, 2.05) is 49.3 Å². The molecule has 0 aliphatic carbocycles. The smallest absolute Gasteiger partial charge is 0.169 e. The van der Waals surface area contributed by atoms with Crippen LogP contribution in [-0.4, -0.2) is 25.2 Å². The Morgan fingerprint density at radius 1 is 1.04 bits per heavy atom. The highest BCUT2D eigenvalue weighted by molar-refractivity contribution is 6.03. The Labute approximate surface area is 135 Å². The fourth-order valence-electron chi connectivity index (χ4n) is 2.49. The number of Topliss-reactive ketones (excluding diaryl/α,β-unsaturated/α-hetero) is 1. The average molecular weight is 310 g/mol. The molecular formula is C18H22N4O. The summed E-state index contributed by atoms with van der Waals surface area (Å²) in [6.07, 6.45) is 7.48. The Morgan fingerprint density at radius 2 is 1.78 bits per heavy atom. The van der Waals surface area contributed by atoms with Crippen molar-refractivity contribution in [3.8, 4) is 11.1 Å². The number of aromatic nitrogens is 4. The van der Waals surface area contributed by atoms with Gasteiger partial charge in [0.05, 0.1) is 29.0 Å². The predicted molar refractivity (Wildman–Crippen MR) is 90.6 cm³/mol. The van der Waals surface area contributed by atoms with Crippen LogP contribution in [0, 0.1) is 5.92 Å². The van der Waals surface area contributed by atoms with E-state index in [4.69, 9.17) is 0 Å². The van der Waals surface area contributed by atoms with E-state index in [9.17, 15) is 4.79 Å². The fourth-order valence-corrected chi connectivity index (χ4v) is 2.49. The molecule has 0 aliphatic heterocycles. The van der Waals surface area contributed by atoms with Crippen molar-refractivity contribution in [2.24, 2.45) is 5.92 Å². The number of pyridine rings is 1. The lowest BCUT2D eigenvalue weighted by atomic mass is 10.0. The van der Waals surface area contributed by atoms with Crippen molar-refractivity contribution in [1.82, 2.24) is 19.4 Å². The summed E-state index contributed by atoms with van der Waals surface area (Å²) in [5, 5.41) is 8.77. The van der Waals surface area contributed by atoms with E-state index in [2.05, 4.69) is 31.0 Å².